The predicted molar refractivity (Wildman–Crippen MR) is 103 cm³/mol. The van der Waals surface area contributed by atoms with Crippen molar-refractivity contribution in [2.75, 3.05) is 27.3 Å². The molecule has 1 aliphatic heterocycles. The first kappa shape index (κ1) is 19.3. The molecular weight excluding hydrogens is 342 g/mol. The van der Waals surface area contributed by atoms with Crippen LogP contribution in [0.25, 0.3) is 0 Å². The highest BCUT2D eigenvalue weighted by Gasteiger charge is 2.26. The number of nitrogens with zero attached hydrogens (tertiary/aromatic N) is 3. The number of rotatable bonds is 6. The zero-order valence-electron chi connectivity index (χ0n) is 16.3. The maximum Gasteiger partial charge on any atom is 0.226 e. The van der Waals surface area contributed by atoms with Crippen molar-refractivity contribution in [1.29, 1.82) is 0 Å². The highest BCUT2D eigenvalue weighted by Crippen LogP contribution is 2.29. The second-order valence-electron chi connectivity index (χ2n) is 6.94. The summed E-state index contributed by atoms with van der Waals surface area (Å²) in [6.07, 6.45) is 4.10. The third-order valence-corrected chi connectivity index (χ3v) is 5.04. The molecule has 1 amide bonds. The van der Waals surface area contributed by atoms with E-state index in [0.29, 0.717) is 18.9 Å². The van der Waals surface area contributed by atoms with Crippen LogP contribution < -0.4 is 4.74 Å². The van der Waals surface area contributed by atoms with Gasteiger partial charge in [0, 0.05) is 37.9 Å². The van der Waals surface area contributed by atoms with Gasteiger partial charge in [-0.3, -0.25) is 4.79 Å². The van der Waals surface area contributed by atoms with Crippen LogP contribution in [0.1, 0.15) is 41.4 Å². The van der Waals surface area contributed by atoms with Crippen LogP contribution in [0.15, 0.2) is 30.5 Å². The Bertz CT molecular complexity index is 786. The Morgan fingerprint density at radius 2 is 2.04 bits per heavy atom. The number of hydrogen-bond acceptors (Lipinski definition) is 5. The molecule has 6 nitrogen and oxygen atoms in total. The van der Waals surface area contributed by atoms with Crippen molar-refractivity contribution in [2.24, 2.45) is 0 Å². The molecule has 2 heterocycles. The summed E-state index contributed by atoms with van der Waals surface area (Å²) in [5, 5.41) is 0. The van der Waals surface area contributed by atoms with Crippen LogP contribution in [0.4, 0.5) is 0 Å². The summed E-state index contributed by atoms with van der Waals surface area (Å²) in [4.78, 5) is 23.6. The Morgan fingerprint density at radius 3 is 2.74 bits per heavy atom. The average Bonchev–Trinajstić information content (AvgIpc) is 2.70. The molecule has 0 aliphatic carbocycles. The van der Waals surface area contributed by atoms with Gasteiger partial charge in [0.2, 0.25) is 5.91 Å². The van der Waals surface area contributed by atoms with Gasteiger partial charge in [0.25, 0.3) is 0 Å². The molecule has 0 radical (unpaired) electrons. The fourth-order valence-electron chi connectivity index (χ4n) is 3.60. The second-order valence-corrected chi connectivity index (χ2v) is 6.94. The van der Waals surface area contributed by atoms with Crippen molar-refractivity contribution < 1.29 is 14.3 Å². The van der Waals surface area contributed by atoms with Gasteiger partial charge in [0.05, 0.1) is 25.8 Å². The van der Waals surface area contributed by atoms with Crippen LogP contribution in [-0.2, 0) is 22.6 Å². The van der Waals surface area contributed by atoms with Crippen molar-refractivity contribution in [1.82, 2.24) is 14.9 Å². The van der Waals surface area contributed by atoms with E-state index < -0.39 is 0 Å². The minimum absolute atomic E-state index is 0.165. The van der Waals surface area contributed by atoms with E-state index in [2.05, 4.69) is 9.97 Å². The van der Waals surface area contributed by atoms with Crippen LogP contribution >= 0.6 is 0 Å². The monoisotopic (exact) mass is 369 g/mol. The van der Waals surface area contributed by atoms with Gasteiger partial charge in [-0.15, -0.1) is 0 Å². The first-order chi connectivity index (χ1) is 13.1. The van der Waals surface area contributed by atoms with Crippen LogP contribution in [-0.4, -0.2) is 48.1 Å². The summed E-state index contributed by atoms with van der Waals surface area (Å²) in [6, 6.07) is 7.70. The number of amides is 1. The molecule has 144 valence electrons. The molecular formula is C21H27N3O3. The minimum atomic E-state index is 0.165. The number of methoxy groups -OCH3 is 2. The summed E-state index contributed by atoms with van der Waals surface area (Å²) in [5.74, 6) is 2.07. The van der Waals surface area contributed by atoms with E-state index in [-0.39, 0.29) is 5.91 Å². The topological polar surface area (TPSA) is 64.6 Å². The number of piperidine rings is 1. The van der Waals surface area contributed by atoms with Crippen LogP contribution in [0.3, 0.4) is 0 Å². The molecule has 1 fully saturated rings. The molecule has 27 heavy (non-hydrogen) atoms. The SMILES string of the molecule is COCc1cnc(C)nc1C1CCN(C(=O)Cc2cccc(OC)c2)CC1. The van der Waals surface area contributed by atoms with Crippen LogP contribution in [0.5, 0.6) is 5.75 Å². The zero-order chi connectivity index (χ0) is 19.2. The van der Waals surface area contributed by atoms with Crippen LogP contribution in [0.2, 0.25) is 0 Å². The molecule has 3 rings (SSSR count). The summed E-state index contributed by atoms with van der Waals surface area (Å²) in [7, 11) is 3.32. The van der Waals surface area contributed by atoms with Gasteiger partial charge in [-0.25, -0.2) is 9.97 Å². The summed E-state index contributed by atoms with van der Waals surface area (Å²) in [6.45, 7) is 3.93. The predicted octanol–water partition coefficient (Wildman–Crippen LogP) is 2.89. The van der Waals surface area contributed by atoms with E-state index in [1.807, 2.05) is 42.3 Å². The van der Waals surface area contributed by atoms with Gasteiger partial charge < -0.3 is 14.4 Å². The van der Waals surface area contributed by atoms with Crippen molar-refractivity contribution in [3.05, 3.63) is 53.1 Å². The lowest BCUT2D eigenvalue weighted by atomic mass is 9.90. The van der Waals surface area contributed by atoms with E-state index in [9.17, 15) is 4.79 Å². The standard InChI is InChI=1S/C21H27N3O3/c1-15-22-13-18(14-26-2)21(23-15)17-7-9-24(10-8-17)20(25)12-16-5-4-6-19(11-16)27-3/h4-6,11,13,17H,7-10,12,14H2,1-3H3. The molecule has 2 aromatic rings. The number of aromatic nitrogens is 2. The van der Waals surface area contributed by atoms with E-state index in [0.717, 1.165) is 54.3 Å². The molecule has 0 atom stereocenters. The maximum absolute atomic E-state index is 12.7. The molecule has 0 bridgehead atoms. The molecule has 1 aromatic carbocycles. The average molecular weight is 369 g/mol. The molecule has 1 aliphatic rings. The highest BCUT2D eigenvalue weighted by atomic mass is 16.5. The Labute approximate surface area is 160 Å². The Morgan fingerprint density at radius 1 is 1.26 bits per heavy atom. The van der Waals surface area contributed by atoms with E-state index in [1.165, 1.54) is 0 Å². The van der Waals surface area contributed by atoms with Gasteiger partial charge in [-0.2, -0.15) is 0 Å². The first-order valence-electron chi connectivity index (χ1n) is 9.32. The van der Waals surface area contributed by atoms with Gasteiger partial charge >= 0.3 is 0 Å². The fourth-order valence-corrected chi connectivity index (χ4v) is 3.60. The fraction of sp³-hybridized carbons (Fsp3) is 0.476. The zero-order valence-corrected chi connectivity index (χ0v) is 16.3. The number of likely N-dealkylation sites (tertiary alicyclic amines) is 1. The van der Waals surface area contributed by atoms with Crippen molar-refractivity contribution in [3.63, 3.8) is 0 Å². The molecule has 0 unspecified atom stereocenters. The number of carbonyl (C=O) groups excluding carboxylic acids is 1. The van der Waals surface area contributed by atoms with Crippen LogP contribution in [0, 0.1) is 6.92 Å². The second kappa shape index (κ2) is 8.95. The van der Waals surface area contributed by atoms with Crippen molar-refractivity contribution >= 4 is 5.91 Å². The summed E-state index contributed by atoms with van der Waals surface area (Å²) >= 11 is 0. The molecule has 0 spiro atoms. The number of aryl methyl sites for hydroxylation is 1. The normalized spacial score (nSPS) is 15.0. The van der Waals surface area contributed by atoms with E-state index in [4.69, 9.17) is 9.47 Å². The first-order valence-corrected chi connectivity index (χ1v) is 9.32. The molecule has 0 saturated carbocycles. The Kier molecular flexibility index (Phi) is 6.40. The van der Waals surface area contributed by atoms with E-state index >= 15 is 0 Å². The number of hydrogen-bond donors (Lipinski definition) is 0. The largest absolute Gasteiger partial charge is 0.497 e. The number of carbonyl (C=O) groups is 1. The maximum atomic E-state index is 12.7. The lowest BCUT2D eigenvalue weighted by Gasteiger charge is -2.32. The molecule has 1 aromatic heterocycles. The molecule has 6 heteroatoms. The third kappa shape index (κ3) is 4.83. The molecule has 0 N–H and O–H groups in total. The summed E-state index contributed by atoms with van der Waals surface area (Å²) in [5.41, 5.74) is 3.10. The quantitative estimate of drug-likeness (QED) is 0.783. The van der Waals surface area contributed by atoms with E-state index in [1.54, 1.807) is 14.2 Å². The summed E-state index contributed by atoms with van der Waals surface area (Å²) < 4.78 is 10.5. The van der Waals surface area contributed by atoms with Crippen molar-refractivity contribution in [2.45, 2.75) is 38.7 Å². The number of ether oxygens (including phenoxy) is 2. The Balaban J connectivity index is 1.61. The molecule has 1 saturated heterocycles. The van der Waals surface area contributed by atoms with Crippen molar-refractivity contribution in [3.8, 4) is 5.75 Å². The highest BCUT2D eigenvalue weighted by molar-refractivity contribution is 5.79. The third-order valence-electron chi connectivity index (χ3n) is 5.04. The van der Waals surface area contributed by atoms with Gasteiger partial charge in [0.15, 0.2) is 0 Å². The number of benzene rings is 1. The lowest BCUT2D eigenvalue weighted by molar-refractivity contribution is -0.131. The van der Waals surface area contributed by atoms with Gasteiger partial charge in [-0.05, 0) is 37.5 Å². The minimum Gasteiger partial charge on any atom is -0.497 e. The van der Waals surface area contributed by atoms with Gasteiger partial charge in [-0.1, -0.05) is 12.1 Å². The lowest BCUT2D eigenvalue weighted by Crippen LogP contribution is -2.39. The van der Waals surface area contributed by atoms with Gasteiger partial charge in [0.1, 0.15) is 11.6 Å². The Hall–Kier alpha value is -2.47. The smallest absolute Gasteiger partial charge is 0.226 e.